The number of aryl methyl sites for hydroxylation is 2. The van der Waals surface area contributed by atoms with Crippen LogP contribution in [0.3, 0.4) is 0 Å². The highest BCUT2D eigenvalue weighted by Gasteiger charge is 2.29. The predicted octanol–water partition coefficient (Wildman–Crippen LogP) is 5.04. The van der Waals surface area contributed by atoms with E-state index in [1.165, 1.54) is 24.3 Å². The Bertz CT molecular complexity index is 1450. The molecule has 0 unspecified atom stereocenters. The molecule has 0 aliphatic rings. The number of benzene rings is 1. The smallest absolute Gasteiger partial charge is 0.422 e. The van der Waals surface area contributed by atoms with E-state index in [9.17, 15) is 23.3 Å². The van der Waals surface area contributed by atoms with Crippen molar-refractivity contribution in [1.82, 2.24) is 24.6 Å². The maximum Gasteiger partial charge on any atom is 0.422 e. The quantitative estimate of drug-likeness (QED) is 0.249. The van der Waals surface area contributed by atoms with E-state index < -0.39 is 23.5 Å². The Labute approximate surface area is 206 Å². The summed E-state index contributed by atoms with van der Waals surface area (Å²) in [5, 5.41) is 18.5. The number of nitrogens with one attached hydrogen (secondary N) is 1. The van der Waals surface area contributed by atoms with Gasteiger partial charge in [-0.3, -0.25) is 0 Å². The van der Waals surface area contributed by atoms with Crippen molar-refractivity contribution in [1.29, 1.82) is 0 Å². The number of nitro groups is 1. The van der Waals surface area contributed by atoms with Gasteiger partial charge in [0.1, 0.15) is 22.9 Å². The molecule has 3 heterocycles. The first-order valence-corrected chi connectivity index (χ1v) is 10.6. The number of halogens is 4. The maximum absolute atomic E-state index is 12.9. The molecule has 36 heavy (non-hydrogen) atoms. The number of alkyl halides is 3. The number of aromatic nitrogens is 5. The van der Waals surface area contributed by atoms with Crippen LogP contribution in [0.2, 0.25) is 5.02 Å². The van der Waals surface area contributed by atoms with Crippen LogP contribution in [0.5, 0.6) is 17.4 Å². The van der Waals surface area contributed by atoms with Gasteiger partial charge in [0.15, 0.2) is 18.1 Å². The summed E-state index contributed by atoms with van der Waals surface area (Å²) in [4.78, 5) is 22.7. The number of hydrogen-bond acceptors (Lipinski definition) is 9. The van der Waals surface area contributed by atoms with E-state index in [2.05, 4.69) is 25.4 Å². The van der Waals surface area contributed by atoms with Crippen LogP contribution in [0, 0.1) is 24.0 Å². The second kappa shape index (κ2) is 9.81. The first-order chi connectivity index (χ1) is 17.0. The standard InChI is InChI=1S/C21H17ClF3N7O4/c1-11-19(22)20(29-12(2)28-11)27-8-13-3-4-14(15(7-13)35-10-21(23,24)25)36-17-6-5-16-26-9-18(32(33)34)31(16)30-17/h3-7,9H,8,10H2,1-2H3,(H,27,28,29). The Morgan fingerprint density at radius 1 is 1.17 bits per heavy atom. The third-order valence-electron chi connectivity index (χ3n) is 4.71. The Morgan fingerprint density at radius 3 is 2.67 bits per heavy atom. The highest BCUT2D eigenvalue weighted by atomic mass is 35.5. The van der Waals surface area contributed by atoms with Gasteiger partial charge in [-0.1, -0.05) is 22.2 Å². The molecule has 3 aromatic heterocycles. The van der Waals surface area contributed by atoms with Gasteiger partial charge in [0, 0.05) is 18.7 Å². The molecule has 0 bridgehead atoms. The zero-order valence-corrected chi connectivity index (χ0v) is 19.5. The summed E-state index contributed by atoms with van der Waals surface area (Å²) < 4.78 is 50.1. The zero-order valence-electron chi connectivity index (χ0n) is 18.7. The van der Waals surface area contributed by atoms with Crippen molar-refractivity contribution in [2.24, 2.45) is 0 Å². The fourth-order valence-corrected chi connectivity index (χ4v) is 3.31. The van der Waals surface area contributed by atoms with Crippen LogP contribution in [0.4, 0.5) is 24.8 Å². The molecule has 0 radical (unpaired) electrons. The largest absolute Gasteiger partial charge is 0.480 e. The highest BCUT2D eigenvalue weighted by molar-refractivity contribution is 6.33. The molecule has 1 aromatic carbocycles. The Kier molecular flexibility index (Phi) is 6.79. The van der Waals surface area contributed by atoms with E-state index in [-0.39, 0.29) is 29.6 Å². The molecule has 0 atom stereocenters. The van der Waals surface area contributed by atoms with E-state index in [1.807, 2.05) is 0 Å². The van der Waals surface area contributed by atoms with Crippen molar-refractivity contribution in [3.05, 3.63) is 68.7 Å². The fourth-order valence-electron chi connectivity index (χ4n) is 3.16. The number of fused-ring (bicyclic) bond motifs is 1. The minimum absolute atomic E-state index is 0.0793. The molecule has 0 saturated heterocycles. The van der Waals surface area contributed by atoms with Gasteiger partial charge in [0.2, 0.25) is 5.65 Å². The van der Waals surface area contributed by atoms with Gasteiger partial charge in [-0.15, -0.1) is 0 Å². The summed E-state index contributed by atoms with van der Waals surface area (Å²) in [6.07, 6.45) is -3.57. The summed E-state index contributed by atoms with van der Waals surface area (Å²) in [6.45, 7) is 2.02. The first-order valence-electron chi connectivity index (χ1n) is 10.2. The van der Waals surface area contributed by atoms with Crippen LogP contribution in [0.15, 0.2) is 36.5 Å². The SMILES string of the molecule is Cc1nc(C)c(Cl)c(NCc2ccc(Oc3ccc4ncc([N+](=O)[O-])n4n3)c(OCC(F)(F)F)c2)n1. The molecular weight excluding hydrogens is 507 g/mol. The second-order valence-corrected chi connectivity index (χ2v) is 7.85. The van der Waals surface area contributed by atoms with Crippen molar-refractivity contribution >= 4 is 28.9 Å². The van der Waals surface area contributed by atoms with Gasteiger partial charge in [-0.25, -0.2) is 15.0 Å². The summed E-state index contributed by atoms with van der Waals surface area (Å²) >= 11 is 6.23. The lowest BCUT2D eigenvalue weighted by atomic mass is 10.2. The summed E-state index contributed by atoms with van der Waals surface area (Å²) in [5.41, 5.74) is 1.31. The number of rotatable bonds is 8. The predicted molar refractivity (Wildman–Crippen MR) is 122 cm³/mol. The number of imidazole rings is 1. The topological polar surface area (TPSA) is 130 Å². The van der Waals surface area contributed by atoms with Gasteiger partial charge in [-0.2, -0.15) is 13.2 Å². The monoisotopic (exact) mass is 523 g/mol. The van der Waals surface area contributed by atoms with Crippen LogP contribution >= 0.6 is 11.6 Å². The average molecular weight is 524 g/mol. The maximum atomic E-state index is 12.9. The number of anilines is 1. The van der Waals surface area contributed by atoms with Crippen molar-refractivity contribution in [3.63, 3.8) is 0 Å². The van der Waals surface area contributed by atoms with Gasteiger partial charge in [0.25, 0.3) is 5.88 Å². The molecule has 11 nitrogen and oxygen atoms in total. The molecule has 15 heteroatoms. The van der Waals surface area contributed by atoms with Crippen molar-refractivity contribution in [3.8, 4) is 17.4 Å². The van der Waals surface area contributed by atoms with Crippen molar-refractivity contribution < 1.29 is 27.6 Å². The lowest BCUT2D eigenvalue weighted by Gasteiger charge is -2.15. The average Bonchev–Trinajstić information content (AvgIpc) is 3.23. The number of nitrogens with zero attached hydrogens (tertiary/aromatic N) is 6. The molecule has 188 valence electrons. The Morgan fingerprint density at radius 2 is 1.94 bits per heavy atom. The normalized spacial score (nSPS) is 11.5. The minimum Gasteiger partial charge on any atom is -0.480 e. The molecule has 0 saturated carbocycles. The third kappa shape index (κ3) is 5.71. The van der Waals surface area contributed by atoms with E-state index in [4.69, 9.17) is 21.1 Å². The third-order valence-corrected chi connectivity index (χ3v) is 5.16. The molecule has 0 spiro atoms. The van der Waals surface area contributed by atoms with Gasteiger partial charge in [-0.05, 0) is 41.6 Å². The lowest BCUT2D eigenvalue weighted by molar-refractivity contribution is -0.391. The van der Waals surface area contributed by atoms with Crippen LogP contribution in [-0.2, 0) is 6.54 Å². The summed E-state index contributed by atoms with van der Waals surface area (Å²) in [7, 11) is 0. The number of ether oxygens (including phenoxy) is 2. The minimum atomic E-state index is -4.59. The first kappa shape index (κ1) is 24.9. The summed E-state index contributed by atoms with van der Waals surface area (Å²) in [6, 6.07) is 7.14. The molecule has 4 rings (SSSR count). The summed E-state index contributed by atoms with van der Waals surface area (Å²) in [5.74, 6) is 0.0580. The van der Waals surface area contributed by atoms with E-state index in [0.717, 1.165) is 10.7 Å². The second-order valence-electron chi connectivity index (χ2n) is 7.47. The van der Waals surface area contributed by atoms with Crippen molar-refractivity contribution in [2.45, 2.75) is 26.6 Å². The van der Waals surface area contributed by atoms with Gasteiger partial charge in [0.05, 0.1) is 5.69 Å². The molecule has 0 aliphatic carbocycles. The van der Waals surface area contributed by atoms with Crippen molar-refractivity contribution in [2.75, 3.05) is 11.9 Å². The highest BCUT2D eigenvalue weighted by Crippen LogP contribution is 2.34. The number of hydrogen-bond donors (Lipinski definition) is 1. The van der Waals surface area contributed by atoms with E-state index in [1.54, 1.807) is 19.9 Å². The van der Waals surface area contributed by atoms with E-state index >= 15 is 0 Å². The van der Waals surface area contributed by atoms with Crippen LogP contribution in [-0.4, -0.2) is 42.3 Å². The van der Waals surface area contributed by atoms with E-state index in [0.29, 0.717) is 27.9 Å². The van der Waals surface area contributed by atoms with Gasteiger partial charge >= 0.3 is 12.0 Å². The molecule has 0 amide bonds. The Hall–Kier alpha value is -4.20. The molecular formula is C21H17ClF3N7O4. The molecule has 0 aliphatic heterocycles. The molecule has 1 N–H and O–H groups in total. The Balaban J connectivity index is 1.61. The zero-order chi connectivity index (χ0) is 26.0. The lowest BCUT2D eigenvalue weighted by Crippen LogP contribution is -2.19. The van der Waals surface area contributed by atoms with Crippen LogP contribution in [0.1, 0.15) is 17.1 Å². The fraction of sp³-hybridized carbons (Fsp3) is 0.238. The van der Waals surface area contributed by atoms with Crippen LogP contribution < -0.4 is 14.8 Å². The molecule has 0 fully saturated rings. The van der Waals surface area contributed by atoms with Crippen LogP contribution in [0.25, 0.3) is 5.65 Å². The van der Waals surface area contributed by atoms with Gasteiger partial charge < -0.3 is 24.9 Å². The molecule has 4 aromatic rings.